The molecule has 0 spiro atoms. The van der Waals surface area contributed by atoms with E-state index >= 15 is 0 Å². The van der Waals surface area contributed by atoms with E-state index in [1.54, 1.807) is 6.92 Å². The van der Waals surface area contributed by atoms with Gasteiger partial charge in [0.2, 0.25) is 0 Å². The van der Waals surface area contributed by atoms with Gasteiger partial charge in [-0.1, -0.05) is 12.8 Å². The number of hydrogen-bond acceptors (Lipinski definition) is 3. The van der Waals surface area contributed by atoms with Crippen LogP contribution in [0.15, 0.2) is 11.0 Å². The molecule has 3 atom stereocenters. The van der Waals surface area contributed by atoms with Crippen molar-refractivity contribution in [3.8, 4) is 0 Å². The highest BCUT2D eigenvalue weighted by atomic mass is 16.2. The van der Waals surface area contributed by atoms with Gasteiger partial charge in [0, 0.05) is 12.2 Å². The molecule has 5 heteroatoms. The molecule has 2 fully saturated rings. The SMILES string of the molecule is Cc1ncc(C(=O)N[C@@H]2CC[C@H]3CCC[C@H]32)c(=O)[nH]1. The Hall–Kier alpha value is -1.65. The van der Waals surface area contributed by atoms with Gasteiger partial charge in [0.25, 0.3) is 11.5 Å². The number of hydrogen-bond donors (Lipinski definition) is 2. The van der Waals surface area contributed by atoms with Crippen LogP contribution in [-0.2, 0) is 0 Å². The molecule has 2 aliphatic carbocycles. The Morgan fingerprint density at radius 1 is 1.37 bits per heavy atom. The Bertz CT molecular complexity index is 552. The minimum atomic E-state index is -0.356. The van der Waals surface area contributed by atoms with Gasteiger partial charge >= 0.3 is 0 Å². The Morgan fingerprint density at radius 3 is 3.00 bits per heavy atom. The van der Waals surface area contributed by atoms with Crippen molar-refractivity contribution in [1.29, 1.82) is 0 Å². The average Bonchev–Trinajstić information content (AvgIpc) is 2.94. The topological polar surface area (TPSA) is 74.8 Å². The van der Waals surface area contributed by atoms with Gasteiger partial charge in [-0.05, 0) is 38.0 Å². The third-order valence-corrected chi connectivity index (χ3v) is 4.57. The normalized spacial score (nSPS) is 29.2. The van der Waals surface area contributed by atoms with Crippen molar-refractivity contribution >= 4 is 5.91 Å². The summed E-state index contributed by atoms with van der Waals surface area (Å²) in [5.74, 6) is 1.63. The summed E-state index contributed by atoms with van der Waals surface area (Å²) < 4.78 is 0. The van der Waals surface area contributed by atoms with Gasteiger partial charge in [0.1, 0.15) is 11.4 Å². The summed E-state index contributed by atoms with van der Waals surface area (Å²) >= 11 is 0. The predicted octanol–water partition coefficient (Wildman–Crippen LogP) is 1.39. The standard InChI is InChI=1S/C14H19N3O2/c1-8-15-7-11(13(18)16-8)14(19)17-12-6-5-9-3-2-4-10(9)12/h7,9-10,12H,2-6H2,1H3,(H,17,19)(H,15,16,18)/t9-,10-,12-/m1/s1. The summed E-state index contributed by atoms with van der Waals surface area (Å²) in [6.45, 7) is 1.70. The summed E-state index contributed by atoms with van der Waals surface area (Å²) in [5, 5.41) is 3.03. The highest BCUT2D eigenvalue weighted by Crippen LogP contribution is 2.43. The molecule has 5 nitrogen and oxygen atoms in total. The second kappa shape index (κ2) is 4.79. The highest BCUT2D eigenvalue weighted by molar-refractivity contribution is 5.93. The van der Waals surface area contributed by atoms with Gasteiger partial charge in [-0.15, -0.1) is 0 Å². The lowest BCUT2D eigenvalue weighted by Gasteiger charge is -2.19. The molecule has 2 aliphatic rings. The molecule has 0 radical (unpaired) electrons. The number of aromatic amines is 1. The minimum Gasteiger partial charge on any atom is -0.349 e. The molecule has 2 saturated carbocycles. The second-order valence-corrected chi connectivity index (χ2v) is 5.72. The van der Waals surface area contributed by atoms with E-state index in [0.717, 1.165) is 12.3 Å². The van der Waals surface area contributed by atoms with Crippen LogP contribution in [-0.4, -0.2) is 21.9 Å². The summed E-state index contributed by atoms with van der Waals surface area (Å²) in [5.41, 5.74) is -0.238. The molecule has 1 amide bonds. The van der Waals surface area contributed by atoms with Crippen LogP contribution in [0.2, 0.25) is 0 Å². The van der Waals surface area contributed by atoms with E-state index in [0.29, 0.717) is 11.7 Å². The van der Waals surface area contributed by atoms with Crippen LogP contribution >= 0.6 is 0 Å². The van der Waals surface area contributed by atoms with E-state index in [1.165, 1.54) is 31.9 Å². The van der Waals surface area contributed by atoms with E-state index in [9.17, 15) is 9.59 Å². The van der Waals surface area contributed by atoms with Crippen LogP contribution in [0.4, 0.5) is 0 Å². The van der Waals surface area contributed by atoms with Crippen molar-refractivity contribution in [3.63, 3.8) is 0 Å². The summed E-state index contributed by atoms with van der Waals surface area (Å²) in [6, 6.07) is 0.237. The molecule has 102 valence electrons. The Kier molecular flexibility index (Phi) is 3.12. The quantitative estimate of drug-likeness (QED) is 0.844. The molecule has 1 heterocycles. The Labute approximate surface area is 111 Å². The third kappa shape index (κ3) is 2.29. The number of aryl methyl sites for hydroxylation is 1. The smallest absolute Gasteiger partial charge is 0.263 e. The first kappa shape index (κ1) is 12.4. The molecule has 19 heavy (non-hydrogen) atoms. The molecular weight excluding hydrogens is 242 g/mol. The van der Waals surface area contributed by atoms with Gasteiger partial charge in [-0.3, -0.25) is 9.59 Å². The maximum absolute atomic E-state index is 12.2. The number of H-pyrrole nitrogens is 1. The van der Waals surface area contributed by atoms with E-state index in [-0.39, 0.29) is 23.1 Å². The molecule has 0 aromatic carbocycles. The fourth-order valence-electron chi connectivity index (χ4n) is 3.63. The van der Waals surface area contributed by atoms with Crippen molar-refractivity contribution in [2.45, 2.75) is 45.1 Å². The molecule has 0 saturated heterocycles. The summed E-state index contributed by atoms with van der Waals surface area (Å²) in [4.78, 5) is 30.4. The molecule has 0 aliphatic heterocycles. The number of nitrogens with zero attached hydrogens (tertiary/aromatic N) is 1. The average molecular weight is 261 g/mol. The number of carbonyl (C=O) groups is 1. The van der Waals surface area contributed by atoms with Crippen LogP contribution in [0.25, 0.3) is 0 Å². The molecule has 1 aromatic heterocycles. The highest BCUT2D eigenvalue weighted by Gasteiger charge is 2.39. The zero-order chi connectivity index (χ0) is 13.4. The van der Waals surface area contributed by atoms with Crippen molar-refractivity contribution in [3.05, 3.63) is 27.9 Å². The maximum Gasteiger partial charge on any atom is 0.263 e. The maximum atomic E-state index is 12.2. The summed E-state index contributed by atoms with van der Waals surface area (Å²) in [7, 11) is 0. The van der Waals surface area contributed by atoms with Crippen LogP contribution in [0, 0.1) is 18.8 Å². The number of carbonyl (C=O) groups excluding carboxylic acids is 1. The van der Waals surface area contributed by atoms with E-state index in [1.807, 2.05) is 0 Å². The van der Waals surface area contributed by atoms with Crippen molar-refractivity contribution < 1.29 is 4.79 Å². The fourth-order valence-corrected chi connectivity index (χ4v) is 3.63. The predicted molar refractivity (Wildman–Crippen MR) is 70.9 cm³/mol. The fraction of sp³-hybridized carbons (Fsp3) is 0.643. The van der Waals surface area contributed by atoms with Crippen molar-refractivity contribution in [2.24, 2.45) is 11.8 Å². The lowest BCUT2D eigenvalue weighted by atomic mass is 9.97. The van der Waals surface area contributed by atoms with Gasteiger partial charge in [0.05, 0.1) is 0 Å². The van der Waals surface area contributed by atoms with Crippen LogP contribution in [0.3, 0.4) is 0 Å². The molecule has 0 unspecified atom stereocenters. The van der Waals surface area contributed by atoms with Crippen LogP contribution in [0.1, 0.15) is 48.3 Å². The third-order valence-electron chi connectivity index (χ3n) is 4.57. The first-order valence-electron chi connectivity index (χ1n) is 7.02. The largest absolute Gasteiger partial charge is 0.349 e. The number of fused-ring (bicyclic) bond motifs is 1. The first-order valence-corrected chi connectivity index (χ1v) is 7.02. The molecular formula is C14H19N3O2. The number of amides is 1. The van der Waals surface area contributed by atoms with E-state index in [4.69, 9.17) is 0 Å². The lowest BCUT2D eigenvalue weighted by Crippen LogP contribution is -2.40. The summed E-state index contributed by atoms with van der Waals surface area (Å²) in [6.07, 6.45) is 7.39. The number of aromatic nitrogens is 2. The van der Waals surface area contributed by atoms with E-state index in [2.05, 4.69) is 15.3 Å². The van der Waals surface area contributed by atoms with Gasteiger partial charge in [-0.2, -0.15) is 0 Å². The molecule has 1 aromatic rings. The zero-order valence-corrected chi connectivity index (χ0v) is 11.1. The van der Waals surface area contributed by atoms with Crippen molar-refractivity contribution in [2.75, 3.05) is 0 Å². The molecule has 0 bridgehead atoms. The number of nitrogens with one attached hydrogen (secondary N) is 2. The zero-order valence-electron chi connectivity index (χ0n) is 11.1. The lowest BCUT2D eigenvalue weighted by molar-refractivity contribution is 0.0924. The van der Waals surface area contributed by atoms with Gasteiger partial charge in [-0.25, -0.2) is 4.98 Å². The Balaban J connectivity index is 1.73. The molecule has 2 N–H and O–H groups in total. The first-order chi connectivity index (χ1) is 9.15. The molecule has 3 rings (SSSR count). The van der Waals surface area contributed by atoms with E-state index < -0.39 is 0 Å². The van der Waals surface area contributed by atoms with Crippen LogP contribution < -0.4 is 10.9 Å². The number of rotatable bonds is 2. The Morgan fingerprint density at radius 2 is 2.21 bits per heavy atom. The van der Waals surface area contributed by atoms with Crippen LogP contribution in [0.5, 0.6) is 0 Å². The monoisotopic (exact) mass is 261 g/mol. The second-order valence-electron chi connectivity index (χ2n) is 5.72. The van der Waals surface area contributed by atoms with Crippen molar-refractivity contribution in [1.82, 2.24) is 15.3 Å². The van der Waals surface area contributed by atoms with Gasteiger partial charge in [0.15, 0.2) is 0 Å². The minimum absolute atomic E-state index is 0.118. The van der Waals surface area contributed by atoms with Gasteiger partial charge < -0.3 is 10.3 Å².